The van der Waals surface area contributed by atoms with Gasteiger partial charge < -0.3 is 9.47 Å². The van der Waals surface area contributed by atoms with Gasteiger partial charge in [0, 0.05) is 34.4 Å². The summed E-state index contributed by atoms with van der Waals surface area (Å²) in [5, 5.41) is 1.65. The zero-order valence-electron chi connectivity index (χ0n) is 45.9. The van der Waals surface area contributed by atoms with E-state index in [-0.39, 0.29) is 11.1 Å². The minimum absolute atomic E-state index is 0.241. The number of benzene rings is 10. The van der Waals surface area contributed by atoms with Crippen molar-refractivity contribution >= 4 is 45.8 Å². The molecule has 2 saturated carbocycles. The SMILES string of the molecule is O=C1c2c(C#Cc3ccc(C#Cc4ccc(-c5ccccc5)c5c4C(=O)N(c4ccc(C6CCCC6)c(Oc6ccccc6)c4)C5=O)c4ccccc34)ccc(-c3ccccc3)c2C(=O)N1c1ccc(C2CCCC2)c(Oc2ccccc2)c1. The van der Waals surface area contributed by atoms with Gasteiger partial charge in [-0.25, -0.2) is 9.80 Å². The van der Waals surface area contributed by atoms with Crippen LogP contribution in [0.3, 0.4) is 0 Å². The molecule has 2 aliphatic heterocycles. The number of anilines is 2. The molecule has 2 aliphatic carbocycles. The molecule has 10 aromatic rings. The van der Waals surface area contributed by atoms with Crippen molar-refractivity contribution < 1.29 is 28.7 Å². The third-order valence-corrected chi connectivity index (χ3v) is 16.9. The van der Waals surface area contributed by atoms with E-state index in [4.69, 9.17) is 9.47 Å². The molecule has 84 heavy (non-hydrogen) atoms. The van der Waals surface area contributed by atoms with Crippen molar-refractivity contribution in [1.82, 2.24) is 0 Å². The number of nitrogens with zero attached hydrogens (tertiary/aromatic N) is 2. The molecule has 0 atom stereocenters. The molecule has 8 nitrogen and oxygen atoms in total. The lowest BCUT2D eigenvalue weighted by molar-refractivity contribution is 0.0910. The summed E-state index contributed by atoms with van der Waals surface area (Å²) >= 11 is 0. The second-order valence-corrected chi connectivity index (χ2v) is 21.9. The quantitative estimate of drug-likeness (QED) is 0.100. The lowest BCUT2D eigenvalue weighted by Gasteiger charge is -2.20. The van der Waals surface area contributed by atoms with Crippen LogP contribution in [0.2, 0.25) is 0 Å². The van der Waals surface area contributed by atoms with Crippen molar-refractivity contribution in [3.05, 3.63) is 274 Å². The topological polar surface area (TPSA) is 93.2 Å². The number of hydrogen-bond donors (Lipinski definition) is 0. The van der Waals surface area contributed by atoms with Crippen molar-refractivity contribution in [2.75, 3.05) is 9.80 Å². The van der Waals surface area contributed by atoms with Gasteiger partial charge in [0.1, 0.15) is 23.0 Å². The molecule has 2 heterocycles. The highest BCUT2D eigenvalue weighted by Gasteiger charge is 2.43. The molecule has 0 N–H and O–H groups in total. The van der Waals surface area contributed by atoms with E-state index in [9.17, 15) is 9.59 Å². The summed E-state index contributed by atoms with van der Waals surface area (Å²) in [7, 11) is 0. The number of ether oxygens (including phenoxy) is 2. The van der Waals surface area contributed by atoms with Gasteiger partial charge in [-0.15, -0.1) is 0 Å². The van der Waals surface area contributed by atoms with Crippen molar-refractivity contribution in [2.45, 2.75) is 63.2 Å². The molecule has 404 valence electrons. The van der Waals surface area contributed by atoms with Gasteiger partial charge in [-0.2, -0.15) is 0 Å². The Kier molecular flexibility index (Phi) is 13.6. The number of para-hydroxylation sites is 2. The van der Waals surface area contributed by atoms with E-state index in [0.29, 0.717) is 90.7 Å². The zero-order valence-corrected chi connectivity index (χ0v) is 45.9. The molecule has 0 spiro atoms. The Morgan fingerprint density at radius 1 is 0.333 bits per heavy atom. The molecule has 2 fully saturated rings. The van der Waals surface area contributed by atoms with Crippen LogP contribution in [0.5, 0.6) is 23.0 Å². The van der Waals surface area contributed by atoms with E-state index < -0.39 is 23.6 Å². The van der Waals surface area contributed by atoms with E-state index >= 15 is 9.59 Å². The van der Waals surface area contributed by atoms with Crippen molar-refractivity contribution in [1.29, 1.82) is 0 Å². The van der Waals surface area contributed by atoms with Crippen LogP contribution < -0.4 is 19.3 Å². The number of imide groups is 2. The summed E-state index contributed by atoms with van der Waals surface area (Å²) in [5.74, 6) is 14.9. The number of fused-ring (bicyclic) bond motifs is 3. The van der Waals surface area contributed by atoms with Crippen LogP contribution in [0.1, 0.15) is 138 Å². The number of amides is 4. The fraction of sp³-hybridized carbons (Fsp3) is 0.132. The fourth-order valence-electron chi connectivity index (χ4n) is 12.8. The Labute approximate surface area is 488 Å². The Morgan fingerprint density at radius 3 is 1.06 bits per heavy atom. The van der Waals surface area contributed by atoms with Crippen LogP contribution in [0.15, 0.2) is 218 Å². The smallest absolute Gasteiger partial charge is 0.267 e. The summed E-state index contributed by atoms with van der Waals surface area (Å²) in [6, 6.07) is 68.9. The van der Waals surface area contributed by atoms with Gasteiger partial charge in [0.2, 0.25) is 0 Å². The monoisotopic (exact) mass is 1090 g/mol. The lowest BCUT2D eigenvalue weighted by atomic mass is 9.92. The zero-order chi connectivity index (χ0) is 56.7. The minimum atomic E-state index is -0.461. The minimum Gasteiger partial charge on any atom is -0.457 e. The predicted molar refractivity (Wildman–Crippen MR) is 330 cm³/mol. The van der Waals surface area contributed by atoms with Crippen molar-refractivity contribution in [3.63, 3.8) is 0 Å². The third-order valence-electron chi connectivity index (χ3n) is 16.9. The molecule has 0 aromatic heterocycles. The summed E-state index contributed by atoms with van der Waals surface area (Å²) in [5.41, 5.74) is 9.18. The highest BCUT2D eigenvalue weighted by Crippen LogP contribution is 2.46. The Hall–Kier alpha value is -10.5. The standard InChI is InChI=1S/C76H54N2O6/c79-73-69-55(39-43-65(51-19-5-1-6-20-51)71(69)75(81)77(73)57-41-45-63(49-23-13-14-24-49)67(47-57)83-59-27-9-3-10-28-59)37-35-53-33-34-54(62-32-18-17-31-61(53)62)36-38-56-40-44-66(52-21-7-2-8-22-52)72-70(56)74(80)78(76(72)82)58-42-46-64(50-25-15-16-26-50)68(48-58)84-60-29-11-4-12-30-60/h1-12,17-22,27-34,39-50H,13-16,23-26H2. The average molecular weight is 1090 g/mol. The Balaban J connectivity index is 0.820. The van der Waals surface area contributed by atoms with Crippen LogP contribution in [-0.4, -0.2) is 23.6 Å². The molecular weight excluding hydrogens is 1040 g/mol. The Bertz CT molecular complexity index is 4140. The van der Waals surface area contributed by atoms with Crippen molar-refractivity contribution in [3.8, 4) is 68.9 Å². The van der Waals surface area contributed by atoms with Gasteiger partial charge in [-0.05, 0) is 142 Å². The molecule has 10 aromatic carbocycles. The van der Waals surface area contributed by atoms with E-state index in [1.807, 2.05) is 218 Å². The van der Waals surface area contributed by atoms with Crippen LogP contribution in [-0.2, 0) is 0 Å². The first-order valence-corrected chi connectivity index (χ1v) is 28.9. The maximum absolute atomic E-state index is 15.0. The molecule has 0 unspecified atom stereocenters. The highest BCUT2D eigenvalue weighted by atomic mass is 16.5. The summed E-state index contributed by atoms with van der Waals surface area (Å²) < 4.78 is 13.1. The van der Waals surface area contributed by atoms with Gasteiger partial charge in [0.15, 0.2) is 0 Å². The van der Waals surface area contributed by atoms with Crippen molar-refractivity contribution in [2.24, 2.45) is 0 Å². The molecule has 0 radical (unpaired) electrons. The third kappa shape index (κ3) is 9.48. The van der Waals surface area contributed by atoms with E-state index in [1.165, 1.54) is 9.80 Å². The maximum Gasteiger partial charge on any atom is 0.267 e. The van der Waals surface area contributed by atoms with E-state index in [0.717, 1.165) is 84.4 Å². The van der Waals surface area contributed by atoms with E-state index in [1.54, 1.807) is 0 Å². The molecule has 14 rings (SSSR count). The average Bonchev–Trinajstić information content (AvgIpc) is 3.03. The molecule has 0 bridgehead atoms. The molecule has 8 heteroatoms. The predicted octanol–water partition coefficient (Wildman–Crippen LogP) is 17.5. The number of carbonyl (C=O) groups excluding carboxylic acids is 4. The van der Waals surface area contributed by atoms with E-state index in [2.05, 4.69) is 23.7 Å². The fourth-order valence-corrected chi connectivity index (χ4v) is 12.8. The van der Waals surface area contributed by atoms with Crippen LogP contribution in [0.25, 0.3) is 33.0 Å². The van der Waals surface area contributed by atoms with Gasteiger partial charge in [-0.3, -0.25) is 19.2 Å². The highest BCUT2D eigenvalue weighted by molar-refractivity contribution is 6.38. The molecule has 4 aliphatic rings. The number of rotatable bonds is 10. The number of hydrogen-bond acceptors (Lipinski definition) is 6. The Morgan fingerprint density at radius 2 is 0.667 bits per heavy atom. The van der Waals surface area contributed by atoms with Crippen LogP contribution in [0, 0.1) is 23.7 Å². The van der Waals surface area contributed by atoms with Gasteiger partial charge >= 0.3 is 0 Å². The van der Waals surface area contributed by atoms with Gasteiger partial charge in [0.05, 0.1) is 33.6 Å². The summed E-state index contributed by atoms with van der Waals surface area (Å²) in [6.45, 7) is 0. The summed E-state index contributed by atoms with van der Waals surface area (Å²) in [4.78, 5) is 62.5. The first-order chi connectivity index (χ1) is 41.3. The second-order valence-electron chi connectivity index (χ2n) is 21.9. The molecule has 0 saturated heterocycles. The first-order valence-electron chi connectivity index (χ1n) is 28.9. The van der Waals surface area contributed by atoms with Crippen LogP contribution >= 0.6 is 0 Å². The normalized spacial score (nSPS) is 14.8. The molecule has 4 amide bonds. The second kappa shape index (κ2) is 22.1. The number of carbonyl (C=O) groups is 4. The maximum atomic E-state index is 15.0. The van der Waals surface area contributed by atoms with Gasteiger partial charge in [-0.1, -0.05) is 195 Å². The van der Waals surface area contributed by atoms with Crippen LogP contribution in [0.4, 0.5) is 11.4 Å². The van der Waals surface area contributed by atoms with Gasteiger partial charge in [0.25, 0.3) is 23.6 Å². The summed E-state index contributed by atoms with van der Waals surface area (Å²) in [6.07, 6.45) is 8.74. The molecular formula is C76H54N2O6. The lowest BCUT2D eigenvalue weighted by Crippen LogP contribution is -2.29. The first kappa shape index (κ1) is 51.6. The largest absolute Gasteiger partial charge is 0.457 e.